The van der Waals surface area contributed by atoms with Gasteiger partial charge in [-0.3, -0.25) is 4.79 Å². The summed E-state index contributed by atoms with van der Waals surface area (Å²) in [6, 6.07) is 19.1. The fraction of sp³-hybridized carbons (Fsp3) is 0.421. The maximum Gasteiger partial charge on any atom is 0.254 e. The number of hydrogen-bond acceptors (Lipinski definition) is 4. The second kappa shape index (κ2) is 10.7. The lowest BCUT2D eigenvalue weighted by Gasteiger charge is -2.38. The van der Waals surface area contributed by atoms with Gasteiger partial charge in [0.1, 0.15) is 13.9 Å². The number of carbonyl (C=O) groups excluding carboxylic acids is 1. The maximum atomic E-state index is 14.2. The van der Waals surface area contributed by atoms with Crippen LogP contribution in [0.4, 0.5) is 0 Å². The van der Waals surface area contributed by atoms with E-state index in [0.717, 1.165) is 43.8 Å². The average molecular weight is 620 g/mol. The van der Waals surface area contributed by atoms with E-state index in [9.17, 15) is 4.79 Å². The molecule has 0 aliphatic carbocycles. The number of aromatic nitrogens is 2. The van der Waals surface area contributed by atoms with E-state index in [0.29, 0.717) is 47.6 Å². The van der Waals surface area contributed by atoms with Crippen LogP contribution in [0.2, 0.25) is 16.6 Å². The van der Waals surface area contributed by atoms with Gasteiger partial charge in [0.05, 0.1) is 41.9 Å². The molecular weight excluding hydrogens is 573 g/mol. The van der Waals surface area contributed by atoms with Crippen molar-refractivity contribution in [2.75, 3.05) is 20.2 Å². The molecule has 2 atom stereocenters. The highest BCUT2D eigenvalue weighted by atomic mass is 28.3. The SMILES string of the molecule is [2H]C([2H])([2H])N1C(=O)c2cccc(C#C[Si](C(C)C)(C(C)C)C(C)C)c2[C@H]2C[C@@H]1c1nc3ccc(-c4ccc(C5(N)COC5)cc4)cc3n12. The van der Waals surface area contributed by atoms with Crippen molar-refractivity contribution < 1.29 is 13.6 Å². The van der Waals surface area contributed by atoms with Crippen molar-refractivity contribution in [3.8, 4) is 22.6 Å². The molecule has 1 fully saturated rings. The number of fused-ring (bicyclic) bond motifs is 9. The normalized spacial score (nSPS) is 21.5. The zero-order valence-electron chi connectivity index (χ0n) is 30.0. The summed E-state index contributed by atoms with van der Waals surface area (Å²) in [6.07, 6.45) is 0.425. The lowest BCUT2D eigenvalue weighted by atomic mass is 9.88. The highest BCUT2D eigenvalue weighted by Crippen LogP contribution is 2.49. The first-order valence-corrected chi connectivity index (χ1v) is 18.4. The first-order valence-electron chi connectivity index (χ1n) is 17.7. The molecule has 3 aliphatic rings. The Morgan fingerprint density at radius 2 is 1.67 bits per heavy atom. The van der Waals surface area contributed by atoms with Gasteiger partial charge in [0.15, 0.2) is 0 Å². The molecular formula is C38H44N4O2Si. The number of imidazole rings is 1. The summed E-state index contributed by atoms with van der Waals surface area (Å²) in [5, 5.41) is 0. The van der Waals surface area contributed by atoms with Crippen LogP contribution < -0.4 is 5.73 Å². The van der Waals surface area contributed by atoms with Gasteiger partial charge in [-0.25, -0.2) is 4.98 Å². The molecule has 2 bridgehead atoms. The van der Waals surface area contributed by atoms with Crippen molar-refractivity contribution >= 4 is 25.0 Å². The quantitative estimate of drug-likeness (QED) is 0.185. The Morgan fingerprint density at radius 1 is 0.978 bits per heavy atom. The number of amides is 1. The van der Waals surface area contributed by atoms with Crippen molar-refractivity contribution in [1.29, 1.82) is 0 Å². The molecule has 4 heterocycles. The fourth-order valence-electron chi connectivity index (χ4n) is 8.33. The number of nitrogens with two attached hydrogens (primary N) is 1. The molecule has 2 N–H and O–H groups in total. The van der Waals surface area contributed by atoms with E-state index in [1.165, 1.54) is 0 Å². The third kappa shape index (κ3) is 4.45. The summed E-state index contributed by atoms with van der Waals surface area (Å²) < 4.78 is 32.9. The summed E-state index contributed by atoms with van der Waals surface area (Å²) in [5.41, 5.74) is 18.0. The molecule has 1 amide bonds. The lowest BCUT2D eigenvalue weighted by molar-refractivity contribution is -0.0569. The number of benzene rings is 3. The molecule has 0 unspecified atom stereocenters. The highest BCUT2D eigenvalue weighted by Gasteiger charge is 2.45. The Hall–Kier alpha value is -3.70. The molecule has 3 aliphatic heterocycles. The van der Waals surface area contributed by atoms with Gasteiger partial charge in [0.2, 0.25) is 0 Å². The predicted octanol–water partition coefficient (Wildman–Crippen LogP) is 7.58. The van der Waals surface area contributed by atoms with Crippen LogP contribution in [0.3, 0.4) is 0 Å². The van der Waals surface area contributed by atoms with Crippen LogP contribution in [0, 0.1) is 11.5 Å². The van der Waals surface area contributed by atoms with Crippen LogP contribution in [-0.2, 0) is 10.3 Å². The molecule has 7 rings (SSSR count). The summed E-state index contributed by atoms with van der Waals surface area (Å²) in [6.45, 7) is 12.1. The predicted molar refractivity (Wildman–Crippen MR) is 184 cm³/mol. The van der Waals surface area contributed by atoms with Crippen LogP contribution in [0.25, 0.3) is 22.2 Å². The lowest BCUT2D eigenvalue weighted by Crippen LogP contribution is -2.54. The molecule has 1 aromatic heterocycles. The number of ether oxygens (including phenoxy) is 1. The van der Waals surface area contributed by atoms with Gasteiger partial charge in [-0.05, 0) is 57.6 Å². The second-order valence-corrected chi connectivity index (χ2v) is 19.7. The van der Waals surface area contributed by atoms with E-state index >= 15 is 0 Å². The van der Waals surface area contributed by atoms with E-state index in [2.05, 4.69) is 87.9 Å². The van der Waals surface area contributed by atoms with Crippen LogP contribution in [0.5, 0.6) is 0 Å². The fourth-order valence-corrected chi connectivity index (χ4v) is 13.5. The van der Waals surface area contributed by atoms with Gasteiger partial charge in [-0.1, -0.05) is 83.9 Å². The zero-order valence-corrected chi connectivity index (χ0v) is 28.0. The minimum absolute atomic E-state index is 0.298. The van der Waals surface area contributed by atoms with Crippen molar-refractivity contribution in [3.05, 3.63) is 88.7 Å². The third-order valence-corrected chi connectivity index (χ3v) is 17.1. The molecule has 45 heavy (non-hydrogen) atoms. The van der Waals surface area contributed by atoms with Crippen LogP contribution in [0.15, 0.2) is 60.7 Å². The van der Waals surface area contributed by atoms with E-state index < -0.39 is 32.5 Å². The summed E-state index contributed by atoms with van der Waals surface area (Å²) in [5.74, 6) is 3.74. The Bertz CT molecular complexity index is 1960. The summed E-state index contributed by atoms with van der Waals surface area (Å²) in [7, 11) is -2.09. The molecule has 4 aromatic rings. The number of carbonyl (C=O) groups is 1. The molecule has 0 spiro atoms. The van der Waals surface area contributed by atoms with Gasteiger partial charge in [-0.2, -0.15) is 0 Å². The maximum absolute atomic E-state index is 14.2. The second-order valence-electron chi connectivity index (χ2n) is 14.1. The van der Waals surface area contributed by atoms with Crippen molar-refractivity contribution in [1.82, 2.24) is 14.5 Å². The van der Waals surface area contributed by atoms with E-state index in [4.69, 9.17) is 19.6 Å². The van der Waals surface area contributed by atoms with Crippen molar-refractivity contribution in [2.24, 2.45) is 5.73 Å². The van der Waals surface area contributed by atoms with Gasteiger partial charge in [-0.15, -0.1) is 5.54 Å². The van der Waals surface area contributed by atoms with Crippen molar-refractivity contribution in [2.45, 2.75) is 82.2 Å². The largest absolute Gasteiger partial charge is 0.377 e. The highest BCUT2D eigenvalue weighted by molar-refractivity contribution is 6.90. The Balaban J connectivity index is 1.41. The van der Waals surface area contributed by atoms with Gasteiger partial charge in [0.25, 0.3) is 5.91 Å². The first-order chi connectivity index (χ1) is 22.7. The molecule has 0 radical (unpaired) electrons. The molecule has 1 saturated heterocycles. The number of nitrogens with zero attached hydrogens (tertiary/aromatic N) is 3. The average Bonchev–Trinajstić information content (AvgIpc) is 3.52. The van der Waals surface area contributed by atoms with E-state index in [1.807, 2.05) is 24.3 Å². The minimum Gasteiger partial charge on any atom is -0.377 e. The van der Waals surface area contributed by atoms with E-state index in [-0.39, 0.29) is 6.04 Å². The van der Waals surface area contributed by atoms with Crippen LogP contribution >= 0.6 is 0 Å². The molecule has 7 heteroatoms. The molecule has 0 saturated carbocycles. The van der Waals surface area contributed by atoms with Crippen LogP contribution in [0.1, 0.15) is 97.0 Å². The zero-order chi connectivity index (χ0) is 34.3. The minimum atomic E-state index is -2.64. The summed E-state index contributed by atoms with van der Waals surface area (Å²) in [4.78, 5) is 20.3. The summed E-state index contributed by atoms with van der Waals surface area (Å²) >= 11 is 0. The van der Waals surface area contributed by atoms with E-state index in [1.54, 1.807) is 6.07 Å². The van der Waals surface area contributed by atoms with Crippen molar-refractivity contribution in [3.63, 3.8) is 0 Å². The Kier molecular flexibility index (Phi) is 6.30. The van der Waals surface area contributed by atoms with Gasteiger partial charge in [0, 0.05) is 34.2 Å². The number of hydrogen-bond donors (Lipinski definition) is 1. The van der Waals surface area contributed by atoms with Gasteiger partial charge >= 0.3 is 0 Å². The molecule has 3 aromatic carbocycles. The number of rotatable bonds is 5. The van der Waals surface area contributed by atoms with Gasteiger partial charge < -0.3 is 19.9 Å². The molecule has 232 valence electrons. The van der Waals surface area contributed by atoms with Crippen LogP contribution in [-0.4, -0.2) is 48.6 Å². The Labute approximate surface area is 272 Å². The third-order valence-electron chi connectivity index (χ3n) is 10.8. The Morgan fingerprint density at radius 3 is 2.29 bits per heavy atom. The standard InChI is InChI=1S/C38H44N4O2Si/c1-23(2)45(24(3)4,25(5)6)18-17-27-9-8-10-30-35(27)33-20-34(41(7)37(30)43)36-40-31-16-13-28(19-32(31)42(33)36)26-11-14-29(15-12-26)38(39)21-44-22-38/h8-16,19,23-25,33-34H,20-22,39H2,1-7H3/t33-,34-/m1/s1/i7D3. The monoisotopic (exact) mass is 619 g/mol. The smallest absolute Gasteiger partial charge is 0.254 e. The first kappa shape index (κ1) is 26.5. The topological polar surface area (TPSA) is 73.4 Å². The molecule has 6 nitrogen and oxygen atoms in total.